The molecule has 0 saturated carbocycles. The standard InChI is InChI=1S/C6H4FN2O2.Y/c1-4-2-8-3-5(7)6(4)9(10)11;/h3H,1H3;/q-1;. The van der Waals surface area contributed by atoms with Gasteiger partial charge in [-0.25, -0.2) is 4.39 Å². The molecule has 61 valence electrons. The van der Waals surface area contributed by atoms with Crippen LogP contribution in [0.4, 0.5) is 10.1 Å². The van der Waals surface area contributed by atoms with Crippen molar-refractivity contribution in [2.24, 2.45) is 0 Å². The third kappa shape index (κ3) is 2.28. The van der Waals surface area contributed by atoms with E-state index in [1.54, 1.807) is 0 Å². The monoisotopic (exact) mass is 244 g/mol. The largest absolute Gasteiger partial charge is 0.391 e. The van der Waals surface area contributed by atoms with E-state index in [1.807, 2.05) is 0 Å². The van der Waals surface area contributed by atoms with Crippen molar-refractivity contribution in [3.63, 3.8) is 0 Å². The predicted molar refractivity (Wildman–Crippen MR) is 34.4 cm³/mol. The molecular formula is C6H4FN2O2Y-. The number of pyridine rings is 1. The van der Waals surface area contributed by atoms with Crippen molar-refractivity contribution in [1.82, 2.24) is 4.98 Å². The zero-order valence-corrected chi connectivity index (χ0v) is 9.08. The van der Waals surface area contributed by atoms with Crippen molar-refractivity contribution in [3.05, 3.63) is 33.9 Å². The smallest absolute Gasteiger partial charge is 0.203 e. The molecule has 0 aliphatic carbocycles. The molecular weight excluding hydrogens is 240 g/mol. The maximum absolute atomic E-state index is 12.6. The minimum atomic E-state index is -0.925. The van der Waals surface area contributed by atoms with Crippen molar-refractivity contribution in [2.45, 2.75) is 6.92 Å². The van der Waals surface area contributed by atoms with Crippen LogP contribution in [0.25, 0.3) is 0 Å². The van der Waals surface area contributed by atoms with Crippen LogP contribution in [-0.4, -0.2) is 9.91 Å². The number of nitrogens with zero attached hydrogens (tertiary/aromatic N) is 2. The Morgan fingerprint density at radius 3 is 2.67 bits per heavy atom. The van der Waals surface area contributed by atoms with Crippen LogP contribution in [0.2, 0.25) is 0 Å². The van der Waals surface area contributed by atoms with Crippen molar-refractivity contribution in [3.8, 4) is 0 Å². The van der Waals surface area contributed by atoms with Gasteiger partial charge in [0.2, 0.25) is 5.69 Å². The summed E-state index contributed by atoms with van der Waals surface area (Å²) in [6, 6.07) is 0. The molecule has 0 amide bonds. The summed E-state index contributed by atoms with van der Waals surface area (Å²) in [6.45, 7) is 1.38. The van der Waals surface area contributed by atoms with Gasteiger partial charge in [-0.2, -0.15) is 0 Å². The normalized spacial score (nSPS) is 8.83. The Balaban J connectivity index is 0.00000121. The Labute approximate surface area is 93.2 Å². The molecule has 0 unspecified atom stereocenters. The molecule has 1 radical (unpaired) electrons. The third-order valence-corrected chi connectivity index (χ3v) is 1.17. The second-order valence-corrected chi connectivity index (χ2v) is 1.95. The predicted octanol–water partition coefficient (Wildman–Crippen LogP) is 1.24. The summed E-state index contributed by atoms with van der Waals surface area (Å²) in [6.07, 6.45) is 3.06. The van der Waals surface area contributed by atoms with E-state index in [0.717, 1.165) is 6.20 Å². The molecule has 4 nitrogen and oxygen atoms in total. The maximum Gasteiger partial charge on any atom is 0.203 e. The second-order valence-electron chi connectivity index (χ2n) is 1.95. The van der Waals surface area contributed by atoms with Gasteiger partial charge >= 0.3 is 0 Å². The second kappa shape index (κ2) is 4.57. The van der Waals surface area contributed by atoms with Gasteiger partial charge in [-0.3, -0.25) is 10.1 Å². The number of rotatable bonds is 1. The molecule has 0 N–H and O–H groups in total. The van der Waals surface area contributed by atoms with Crippen LogP contribution in [0.5, 0.6) is 0 Å². The molecule has 0 aromatic carbocycles. The summed E-state index contributed by atoms with van der Waals surface area (Å²) in [4.78, 5) is 12.7. The van der Waals surface area contributed by atoms with Crippen LogP contribution in [0.1, 0.15) is 5.56 Å². The Morgan fingerprint density at radius 1 is 1.75 bits per heavy atom. The molecule has 0 atom stereocenters. The van der Waals surface area contributed by atoms with Gasteiger partial charge in [0.15, 0.2) is 0 Å². The van der Waals surface area contributed by atoms with Gasteiger partial charge in [-0.15, -0.1) is 0 Å². The molecule has 1 rings (SSSR count). The van der Waals surface area contributed by atoms with Crippen LogP contribution in [0, 0.1) is 29.1 Å². The van der Waals surface area contributed by atoms with Crippen molar-refractivity contribution < 1.29 is 42.0 Å². The minimum Gasteiger partial charge on any atom is -0.391 e. The Hall–Kier alpha value is -0.416. The van der Waals surface area contributed by atoms with Crippen LogP contribution in [0.15, 0.2) is 6.20 Å². The molecule has 0 fully saturated rings. The summed E-state index contributed by atoms with van der Waals surface area (Å²) in [5.74, 6) is -0.925. The zero-order chi connectivity index (χ0) is 8.43. The van der Waals surface area contributed by atoms with Gasteiger partial charge < -0.3 is 4.98 Å². The van der Waals surface area contributed by atoms with Crippen LogP contribution >= 0.6 is 0 Å². The molecule has 0 aliphatic heterocycles. The van der Waals surface area contributed by atoms with E-state index in [-0.39, 0.29) is 38.3 Å². The van der Waals surface area contributed by atoms with E-state index >= 15 is 0 Å². The first-order chi connectivity index (χ1) is 5.13. The summed E-state index contributed by atoms with van der Waals surface area (Å²) in [7, 11) is 0. The Kier molecular flexibility index (Phi) is 4.41. The summed E-state index contributed by atoms with van der Waals surface area (Å²) in [5.41, 5.74) is -0.449. The Morgan fingerprint density at radius 2 is 2.33 bits per heavy atom. The topological polar surface area (TPSA) is 56.0 Å². The molecule has 0 aliphatic rings. The minimum absolute atomic E-state index is 0. The Bertz CT molecular complexity index is 285. The van der Waals surface area contributed by atoms with Crippen LogP contribution in [-0.2, 0) is 32.7 Å². The fourth-order valence-corrected chi connectivity index (χ4v) is 0.703. The van der Waals surface area contributed by atoms with Crippen LogP contribution in [0.3, 0.4) is 0 Å². The van der Waals surface area contributed by atoms with E-state index < -0.39 is 16.4 Å². The maximum atomic E-state index is 12.6. The average molecular weight is 244 g/mol. The molecule has 12 heavy (non-hydrogen) atoms. The number of aromatic nitrogens is 1. The number of hydrogen-bond donors (Lipinski definition) is 0. The van der Waals surface area contributed by atoms with Gasteiger partial charge in [0, 0.05) is 37.6 Å². The van der Waals surface area contributed by atoms with Gasteiger partial charge in [-0.1, -0.05) is 18.7 Å². The first-order valence-electron chi connectivity index (χ1n) is 2.80. The number of hydrogen-bond acceptors (Lipinski definition) is 3. The van der Waals surface area contributed by atoms with Gasteiger partial charge in [0.1, 0.15) is 5.82 Å². The molecule has 1 heterocycles. The quantitative estimate of drug-likeness (QED) is 0.424. The van der Waals surface area contributed by atoms with Gasteiger partial charge in [0.25, 0.3) is 0 Å². The van der Waals surface area contributed by atoms with Crippen molar-refractivity contribution in [1.29, 1.82) is 0 Å². The van der Waals surface area contributed by atoms with Crippen molar-refractivity contribution in [2.75, 3.05) is 0 Å². The first-order valence-corrected chi connectivity index (χ1v) is 2.80. The zero-order valence-electron chi connectivity index (χ0n) is 6.24. The summed E-state index contributed by atoms with van der Waals surface area (Å²) < 4.78 is 12.6. The van der Waals surface area contributed by atoms with E-state index in [2.05, 4.69) is 11.2 Å². The molecule has 1 aromatic heterocycles. The molecule has 0 spiro atoms. The summed E-state index contributed by atoms with van der Waals surface area (Å²) in [5, 5.41) is 10.2. The summed E-state index contributed by atoms with van der Waals surface area (Å²) >= 11 is 0. The van der Waals surface area contributed by atoms with E-state index in [1.165, 1.54) is 6.92 Å². The SMILES string of the molecule is Cc1[c-]ncc(F)c1[N+](=O)[O-].[Y]. The number of aryl methyl sites for hydroxylation is 1. The number of nitro groups is 1. The van der Waals surface area contributed by atoms with Gasteiger partial charge in [0.05, 0.1) is 0 Å². The van der Waals surface area contributed by atoms with E-state index in [4.69, 9.17) is 0 Å². The van der Waals surface area contributed by atoms with Gasteiger partial charge in [-0.05, 0) is 6.20 Å². The van der Waals surface area contributed by atoms with E-state index in [0.29, 0.717) is 0 Å². The molecule has 6 heteroatoms. The molecule has 0 bridgehead atoms. The molecule has 0 saturated heterocycles. The average Bonchev–Trinajstić information content (AvgIpc) is 1.85. The van der Waals surface area contributed by atoms with Crippen molar-refractivity contribution >= 4 is 5.69 Å². The first kappa shape index (κ1) is 11.6. The fourth-order valence-electron chi connectivity index (χ4n) is 0.703. The van der Waals surface area contributed by atoms with Crippen LogP contribution < -0.4 is 0 Å². The fraction of sp³-hybridized carbons (Fsp3) is 0.167. The third-order valence-electron chi connectivity index (χ3n) is 1.17. The molecule has 1 aromatic rings. The number of halogens is 1. The van der Waals surface area contributed by atoms with E-state index in [9.17, 15) is 14.5 Å².